The molecule has 0 aliphatic rings. The molecule has 0 unspecified atom stereocenters. The predicted molar refractivity (Wildman–Crippen MR) is 52.9 cm³/mol. The normalized spacial score (nSPS) is 10.0. The molecule has 0 radical (unpaired) electrons. The third kappa shape index (κ3) is 2.13. The van der Waals surface area contributed by atoms with Gasteiger partial charge < -0.3 is 4.74 Å². The molecule has 0 heterocycles. The van der Waals surface area contributed by atoms with Gasteiger partial charge >= 0.3 is 0 Å². The van der Waals surface area contributed by atoms with Crippen LogP contribution in [0.1, 0.15) is 0 Å². The monoisotopic (exact) mass is 206 g/mol. The molecule has 0 bridgehead atoms. The molecule has 0 atom stereocenters. The summed E-state index contributed by atoms with van der Waals surface area (Å²) in [6, 6.07) is 12.1. The number of rotatable bonds is 2. The SMILES string of the molecule is Fc1cccc(F)c1Oc1ccccc1. The average Bonchev–Trinajstić information content (AvgIpc) is 2.25. The fourth-order valence-corrected chi connectivity index (χ4v) is 1.19. The van der Waals surface area contributed by atoms with Gasteiger partial charge in [0.05, 0.1) is 0 Å². The van der Waals surface area contributed by atoms with Crippen LogP contribution in [0, 0.1) is 11.6 Å². The molecule has 2 rings (SSSR count). The van der Waals surface area contributed by atoms with Crippen LogP contribution in [0.15, 0.2) is 48.5 Å². The Bertz CT molecular complexity index is 434. The molecule has 2 aromatic rings. The zero-order chi connectivity index (χ0) is 10.7. The van der Waals surface area contributed by atoms with Crippen LogP contribution in [0.4, 0.5) is 8.78 Å². The van der Waals surface area contributed by atoms with Gasteiger partial charge in [-0.2, -0.15) is 0 Å². The summed E-state index contributed by atoms with van der Waals surface area (Å²) in [5.41, 5.74) is 0. The van der Waals surface area contributed by atoms with Crippen molar-refractivity contribution in [2.75, 3.05) is 0 Å². The van der Waals surface area contributed by atoms with Crippen molar-refractivity contribution in [2.45, 2.75) is 0 Å². The van der Waals surface area contributed by atoms with Crippen molar-refractivity contribution >= 4 is 0 Å². The Morgan fingerprint density at radius 1 is 0.733 bits per heavy atom. The number of hydrogen-bond donors (Lipinski definition) is 0. The van der Waals surface area contributed by atoms with Crippen LogP contribution in [0.5, 0.6) is 11.5 Å². The van der Waals surface area contributed by atoms with Gasteiger partial charge in [-0.1, -0.05) is 24.3 Å². The van der Waals surface area contributed by atoms with Gasteiger partial charge in [-0.25, -0.2) is 8.78 Å². The highest BCUT2D eigenvalue weighted by molar-refractivity contribution is 5.32. The van der Waals surface area contributed by atoms with Crippen molar-refractivity contribution in [3.8, 4) is 11.5 Å². The van der Waals surface area contributed by atoms with E-state index in [9.17, 15) is 8.78 Å². The molecule has 0 saturated carbocycles. The first kappa shape index (κ1) is 9.65. The third-order valence-corrected chi connectivity index (χ3v) is 1.88. The molecule has 0 aliphatic carbocycles. The highest BCUT2D eigenvalue weighted by atomic mass is 19.1. The second kappa shape index (κ2) is 4.09. The molecule has 0 saturated heterocycles. The van der Waals surface area contributed by atoms with Gasteiger partial charge in [0, 0.05) is 0 Å². The van der Waals surface area contributed by atoms with Gasteiger partial charge in [0.25, 0.3) is 0 Å². The molecular weight excluding hydrogens is 198 g/mol. The maximum atomic E-state index is 13.2. The molecule has 76 valence electrons. The van der Waals surface area contributed by atoms with Crippen LogP contribution < -0.4 is 4.74 Å². The largest absolute Gasteiger partial charge is 0.451 e. The molecule has 1 nitrogen and oxygen atoms in total. The van der Waals surface area contributed by atoms with Gasteiger partial charge in [0.2, 0.25) is 0 Å². The quantitative estimate of drug-likeness (QED) is 0.726. The lowest BCUT2D eigenvalue weighted by molar-refractivity contribution is 0.407. The van der Waals surface area contributed by atoms with E-state index in [1.165, 1.54) is 6.07 Å². The standard InChI is InChI=1S/C12H8F2O/c13-10-7-4-8-11(14)12(10)15-9-5-2-1-3-6-9/h1-8H. The van der Waals surface area contributed by atoms with E-state index in [4.69, 9.17) is 4.74 Å². The van der Waals surface area contributed by atoms with E-state index in [0.29, 0.717) is 5.75 Å². The minimum Gasteiger partial charge on any atom is -0.451 e. The van der Waals surface area contributed by atoms with Crippen molar-refractivity contribution < 1.29 is 13.5 Å². The fourth-order valence-electron chi connectivity index (χ4n) is 1.19. The maximum absolute atomic E-state index is 13.2. The first-order chi connectivity index (χ1) is 7.27. The lowest BCUT2D eigenvalue weighted by Crippen LogP contribution is -1.91. The predicted octanol–water partition coefficient (Wildman–Crippen LogP) is 3.76. The topological polar surface area (TPSA) is 9.23 Å². The lowest BCUT2D eigenvalue weighted by Gasteiger charge is -2.06. The van der Waals surface area contributed by atoms with Gasteiger partial charge in [0.1, 0.15) is 5.75 Å². The van der Waals surface area contributed by atoms with E-state index in [1.54, 1.807) is 30.3 Å². The summed E-state index contributed by atoms with van der Waals surface area (Å²) < 4.78 is 31.4. The Balaban J connectivity index is 2.32. The van der Waals surface area contributed by atoms with Gasteiger partial charge in [0.15, 0.2) is 17.4 Å². The smallest absolute Gasteiger partial charge is 0.198 e. The number of benzene rings is 2. The number of ether oxygens (including phenoxy) is 1. The van der Waals surface area contributed by atoms with E-state index < -0.39 is 11.6 Å². The van der Waals surface area contributed by atoms with Crippen LogP contribution >= 0.6 is 0 Å². The summed E-state index contributed by atoms with van der Waals surface area (Å²) >= 11 is 0. The first-order valence-electron chi connectivity index (χ1n) is 4.44. The molecule has 0 fully saturated rings. The van der Waals surface area contributed by atoms with E-state index in [2.05, 4.69) is 0 Å². The molecule has 2 aromatic carbocycles. The summed E-state index contributed by atoms with van der Waals surface area (Å²) in [7, 11) is 0. The van der Waals surface area contributed by atoms with Crippen molar-refractivity contribution in [3.05, 3.63) is 60.2 Å². The summed E-state index contributed by atoms with van der Waals surface area (Å²) in [5.74, 6) is -1.39. The number of hydrogen-bond acceptors (Lipinski definition) is 1. The van der Waals surface area contributed by atoms with Gasteiger partial charge in [-0.15, -0.1) is 0 Å². The van der Waals surface area contributed by atoms with Crippen molar-refractivity contribution in [3.63, 3.8) is 0 Å². The van der Waals surface area contributed by atoms with Gasteiger partial charge in [-0.05, 0) is 24.3 Å². The first-order valence-corrected chi connectivity index (χ1v) is 4.44. The zero-order valence-electron chi connectivity index (χ0n) is 7.78. The van der Waals surface area contributed by atoms with Crippen LogP contribution in [-0.4, -0.2) is 0 Å². The Labute approximate surface area is 85.9 Å². The second-order valence-corrected chi connectivity index (χ2v) is 2.97. The molecular formula is C12H8F2O. The van der Waals surface area contributed by atoms with Crippen LogP contribution in [0.3, 0.4) is 0 Å². The van der Waals surface area contributed by atoms with E-state index in [1.807, 2.05) is 0 Å². The molecule has 3 heteroatoms. The summed E-state index contributed by atoms with van der Waals surface area (Å²) in [6.07, 6.45) is 0. The average molecular weight is 206 g/mol. The molecule has 15 heavy (non-hydrogen) atoms. The second-order valence-electron chi connectivity index (χ2n) is 2.97. The molecule has 0 spiro atoms. The molecule has 0 N–H and O–H groups in total. The Hall–Kier alpha value is -1.90. The fraction of sp³-hybridized carbons (Fsp3) is 0. The summed E-state index contributed by atoms with van der Waals surface area (Å²) in [5, 5.41) is 0. The van der Waals surface area contributed by atoms with Crippen molar-refractivity contribution in [2.24, 2.45) is 0 Å². The Morgan fingerprint density at radius 2 is 1.33 bits per heavy atom. The van der Waals surface area contributed by atoms with E-state index >= 15 is 0 Å². The zero-order valence-corrected chi connectivity index (χ0v) is 7.78. The molecule has 0 amide bonds. The Kier molecular flexibility index (Phi) is 2.63. The third-order valence-electron chi connectivity index (χ3n) is 1.88. The van der Waals surface area contributed by atoms with Crippen molar-refractivity contribution in [1.29, 1.82) is 0 Å². The molecule has 0 aliphatic heterocycles. The summed E-state index contributed by atoms with van der Waals surface area (Å²) in [6.45, 7) is 0. The highest BCUT2D eigenvalue weighted by Gasteiger charge is 2.09. The number of halogens is 2. The number of para-hydroxylation sites is 2. The highest BCUT2D eigenvalue weighted by Crippen LogP contribution is 2.26. The molecule has 0 aromatic heterocycles. The summed E-state index contributed by atoms with van der Waals surface area (Å²) in [4.78, 5) is 0. The Morgan fingerprint density at radius 3 is 1.93 bits per heavy atom. The lowest BCUT2D eigenvalue weighted by atomic mass is 10.3. The van der Waals surface area contributed by atoms with Crippen LogP contribution in [0.2, 0.25) is 0 Å². The minimum absolute atomic E-state index is 0.372. The van der Waals surface area contributed by atoms with Crippen LogP contribution in [0.25, 0.3) is 0 Å². The minimum atomic E-state index is -0.709. The van der Waals surface area contributed by atoms with E-state index in [0.717, 1.165) is 12.1 Å². The van der Waals surface area contributed by atoms with Crippen molar-refractivity contribution in [1.82, 2.24) is 0 Å². The maximum Gasteiger partial charge on any atom is 0.198 e. The van der Waals surface area contributed by atoms with E-state index in [-0.39, 0.29) is 5.75 Å². The van der Waals surface area contributed by atoms with Crippen LogP contribution in [-0.2, 0) is 0 Å². The van der Waals surface area contributed by atoms with Gasteiger partial charge in [-0.3, -0.25) is 0 Å².